The van der Waals surface area contributed by atoms with E-state index < -0.39 is 54.3 Å². The minimum absolute atomic E-state index is 0.146. The van der Waals surface area contributed by atoms with Gasteiger partial charge in [-0.3, -0.25) is 4.79 Å². The Kier molecular flexibility index (Phi) is 6.11. The summed E-state index contributed by atoms with van der Waals surface area (Å²) in [4.78, 5) is 11.6. The molecule has 0 saturated heterocycles. The summed E-state index contributed by atoms with van der Waals surface area (Å²) in [7, 11) is -5.70. The van der Waals surface area contributed by atoms with Gasteiger partial charge in [0.15, 0.2) is 0 Å². The second kappa shape index (κ2) is 7.85. The molecular formula is C20H18F4N2O4S. The highest BCUT2D eigenvalue weighted by Crippen LogP contribution is 2.37. The lowest BCUT2D eigenvalue weighted by molar-refractivity contribution is -0.0436. The molecule has 0 heterocycles. The Balaban J connectivity index is 2.56. The standard InChI is InChI=1S/C20H18F4N2O4S/c1-10-14(21)8-13(19(2,3)4)17(27)16(10)18(28)26-15-6-5-12(7-11(15)9-25)31(29,30)20(22,23)24/h5-8,27H,1-4H3,(H,26,28). The average Bonchev–Trinajstić information content (AvgIpc) is 2.63. The number of aromatic hydroxyl groups is 1. The highest BCUT2D eigenvalue weighted by molar-refractivity contribution is 7.92. The zero-order valence-electron chi connectivity index (χ0n) is 16.8. The van der Waals surface area contributed by atoms with Gasteiger partial charge in [0, 0.05) is 11.1 Å². The Bertz CT molecular complexity index is 1210. The van der Waals surface area contributed by atoms with E-state index in [1.165, 1.54) is 13.0 Å². The Morgan fingerprint density at radius 2 is 1.74 bits per heavy atom. The van der Waals surface area contributed by atoms with Crippen LogP contribution in [0.5, 0.6) is 5.75 Å². The molecule has 11 heteroatoms. The van der Waals surface area contributed by atoms with E-state index >= 15 is 0 Å². The van der Waals surface area contributed by atoms with E-state index in [1.54, 1.807) is 20.8 Å². The molecule has 166 valence electrons. The molecule has 2 N–H and O–H groups in total. The van der Waals surface area contributed by atoms with E-state index in [0.29, 0.717) is 12.1 Å². The number of hydrogen-bond acceptors (Lipinski definition) is 5. The van der Waals surface area contributed by atoms with Crippen molar-refractivity contribution in [1.29, 1.82) is 5.26 Å². The van der Waals surface area contributed by atoms with Gasteiger partial charge in [0.1, 0.15) is 17.6 Å². The number of carbonyl (C=O) groups excluding carboxylic acids is 1. The molecule has 0 spiro atoms. The van der Waals surface area contributed by atoms with E-state index in [-0.39, 0.29) is 16.8 Å². The molecule has 0 atom stereocenters. The zero-order chi connectivity index (χ0) is 23.9. The first-order valence-electron chi connectivity index (χ1n) is 8.71. The van der Waals surface area contributed by atoms with Crippen LogP contribution in [0.3, 0.4) is 0 Å². The second-order valence-electron chi connectivity index (χ2n) is 7.73. The SMILES string of the molecule is Cc1c(F)cc(C(C)(C)C)c(O)c1C(=O)Nc1ccc(S(=O)(=O)C(F)(F)F)cc1C#N. The van der Waals surface area contributed by atoms with Crippen LogP contribution < -0.4 is 5.32 Å². The number of phenolic OH excluding ortho intramolecular Hbond substituents is 1. The third-order valence-electron chi connectivity index (χ3n) is 4.51. The molecule has 0 radical (unpaired) electrons. The number of hydrogen-bond donors (Lipinski definition) is 2. The summed E-state index contributed by atoms with van der Waals surface area (Å²) >= 11 is 0. The Morgan fingerprint density at radius 1 is 1.16 bits per heavy atom. The van der Waals surface area contributed by atoms with Crippen LogP contribution in [0.15, 0.2) is 29.2 Å². The number of benzene rings is 2. The van der Waals surface area contributed by atoms with E-state index in [2.05, 4.69) is 5.32 Å². The van der Waals surface area contributed by atoms with Gasteiger partial charge in [-0.2, -0.15) is 18.4 Å². The Hall–Kier alpha value is -3.13. The predicted octanol–water partition coefficient (Wildman–Crippen LogP) is 4.55. The first-order valence-corrected chi connectivity index (χ1v) is 10.2. The van der Waals surface area contributed by atoms with Crippen molar-refractivity contribution < 1.29 is 35.9 Å². The van der Waals surface area contributed by atoms with Crippen molar-refractivity contribution in [3.05, 3.63) is 52.3 Å². The van der Waals surface area contributed by atoms with Crippen molar-refractivity contribution in [2.24, 2.45) is 0 Å². The van der Waals surface area contributed by atoms with Gasteiger partial charge in [0.25, 0.3) is 15.7 Å². The smallest absolute Gasteiger partial charge is 0.501 e. The van der Waals surface area contributed by atoms with Crippen LogP contribution in [-0.4, -0.2) is 24.9 Å². The fraction of sp³-hybridized carbons (Fsp3) is 0.300. The molecule has 0 fully saturated rings. The molecule has 0 unspecified atom stereocenters. The first kappa shape index (κ1) is 24.1. The number of nitrogens with one attached hydrogen (secondary N) is 1. The number of amides is 1. The quantitative estimate of drug-likeness (QED) is 0.656. The summed E-state index contributed by atoms with van der Waals surface area (Å²) in [5.74, 6) is -2.28. The third kappa shape index (κ3) is 4.49. The summed E-state index contributed by atoms with van der Waals surface area (Å²) < 4.78 is 75.7. The Morgan fingerprint density at radius 3 is 2.23 bits per heavy atom. The van der Waals surface area contributed by atoms with Crippen LogP contribution in [0, 0.1) is 24.1 Å². The number of nitrogens with zero attached hydrogens (tertiary/aromatic N) is 1. The molecule has 2 rings (SSSR count). The van der Waals surface area contributed by atoms with Gasteiger partial charge in [0.2, 0.25) is 0 Å². The summed E-state index contributed by atoms with van der Waals surface area (Å²) in [6, 6.07) is 4.47. The molecule has 6 nitrogen and oxygen atoms in total. The lowest BCUT2D eigenvalue weighted by Crippen LogP contribution is -2.23. The van der Waals surface area contributed by atoms with Gasteiger partial charge < -0.3 is 10.4 Å². The van der Waals surface area contributed by atoms with Gasteiger partial charge >= 0.3 is 5.51 Å². The number of phenols is 1. The fourth-order valence-electron chi connectivity index (χ4n) is 2.80. The van der Waals surface area contributed by atoms with Crippen molar-refractivity contribution in [3.63, 3.8) is 0 Å². The summed E-state index contributed by atoms with van der Waals surface area (Å²) in [6.45, 7) is 6.31. The monoisotopic (exact) mass is 458 g/mol. The lowest BCUT2D eigenvalue weighted by atomic mass is 9.84. The molecule has 0 aliphatic carbocycles. The number of rotatable bonds is 3. The molecule has 31 heavy (non-hydrogen) atoms. The second-order valence-corrected chi connectivity index (χ2v) is 9.67. The van der Waals surface area contributed by atoms with Crippen LogP contribution in [0.1, 0.15) is 47.8 Å². The van der Waals surface area contributed by atoms with E-state index in [1.807, 2.05) is 0 Å². The van der Waals surface area contributed by atoms with Crippen LogP contribution >= 0.6 is 0 Å². The number of anilines is 1. The number of sulfone groups is 1. The molecule has 0 aliphatic rings. The Labute approximate surface area is 176 Å². The van der Waals surface area contributed by atoms with Gasteiger partial charge in [0.05, 0.1) is 21.7 Å². The predicted molar refractivity (Wildman–Crippen MR) is 104 cm³/mol. The van der Waals surface area contributed by atoms with Crippen molar-refractivity contribution in [2.45, 2.75) is 43.5 Å². The lowest BCUT2D eigenvalue weighted by Gasteiger charge is -2.23. The average molecular weight is 458 g/mol. The van der Waals surface area contributed by atoms with E-state index in [9.17, 15) is 41.1 Å². The highest BCUT2D eigenvalue weighted by atomic mass is 32.2. The van der Waals surface area contributed by atoms with Crippen molar-refractivity contribution in [3.8, 4) is 11.8 Å². The maximum Gasteiger partial charge on any atom is 0.501 e. The molecule has 0 aromatic heterocycles. The molecule has 0 saturated carbocycles. The number of alkyl halides is 3. The fourth-order valence-corrected chi connectivity index (χ4v) is 3.58. The molecule has 1 amide bonds. The molecule has 2 aromatic carbocycles. The van der Waals surface area contributed by atoms with Crippen molar-refractivity contribution in [1.82, 2.24) is 0 Å². The van der Waals surface area contributed by atoms with Gasteiger partial charge in [-0.05, 0) is 36.6 Å². The number of carbonyl (C=O) groups is 1. The highest BCUT2D eigenvalue weighted by Gasteiger charge is 2.47. The maximum absolute atomic E-state index is 14.4. The van der Waals surface area contributed by atoms with Crippen LogP contribution in [0.4, 0.5) is 23.2 Å². The summed E-state index contributed by atoms with van der Waals surface area (Å²) in [6.07, 6.45) is 0. The normalized spacial score (nSPS) is 12.4. The maximum atomic E-state index is 14.4. The molecule has 2 aromatic rings. The van der Waals surface area contributed by atoms with E-state index in [0.717, 1.165) is 12.1 Å². The summed E-state index contributed by atoms with van der Waals surface area (Å²) in [5, 5.41) is 22.0. The van der Waals surface area contributed by atoms with Crippen LogP contribution in [0.25, 0.3) is 0 Å². The number of halogens is 4. The van der Waals surface area contributed by atoms with Crippen molar-refractivity contribution in [2.75, 3.05) is 5.32 Å². The van der Waals surface area contributed by atoms with Gasteiger partial charge in [-0.15, -0.1) is 0 Å². The molecule has 0 bridgehead atoms. The van der Waals surface area contributed by atoms with E-state index in [4.69, 9.17) is 0 Å². The minimum Gasteiger partial charge on any atom is -0.507 e. The zero-order valence-corrected chi connectivity index (χ0v) is 17.7. The molecular weight excluding hydrogens is 440 g/mol. The largest absolute Gasteiger partial charge is 0.507 e. The minimum atomic E-state index is -5.70. The van der Waals surface area contributed by atoms with Crippen LogP contribution in [0.2, 0.25) is 0 Å². The first-order chi connectivity index (χ1) is 14.0. The topological polar surface area (TPSA) is 107 Å². The van der Waals surface area contributed by atoms with Gasteiger partial charge in [-0.25, -0.2) is 12.8 Å². The number of nitriles is 1. The van der Waals surface area contributed by atoms with Crippen LogP contribution in [-0.2, 0) is 15.3 Å². The summed E-state index contributed by atoms with van der Waals surface area (Å²) in [5.41, 5.74) is -7.62. The third-order valence-corrected chi connectivity index (χ3v) is 5.99. The van der Waals surface area contributed by atoms with Gasteiger partial charge in [-0.1, -0.05) is 20.8 Å². The van der Waals surface area contributed by atoms with Crippen molar-refractivity contribution >= 4 is 21.4 Å². The molecule has 0 aliphatic heterocycles.